The van der Waals surface area contributed by atoms with E-state index in [2.05, 4.69) is 22.1 Å². The molecule has 1 aromatic heterocycles. The average Bonchev–Trinajstić information content (AvgIpc) is 2.65. The van der Waals surface area contributed by atoms with Crippen molar-refractivity contribution in [2.24, 2.45) is 5.92 Å². The lowest BCUT2D eigenvalue weighted by Gasteiger charge is -2.47. The third kappa shape index (κ3) is 1.47. The van der Waals surface area contributed by atoms with Crippen LogP contribution in [0.4, 0.5) is 0 Å². The Morgan fingerprint density at radius 1 is 1.40 bits per heavy atom. The van der Waals surface area contributed by atoms with Gasteiger partial charge < -0.3 is 9.42 Å². The van der Waals surface area contributed by atoms with Crippen molar-refractivity contribution in [1.29, 1.82) is 0 Å². The van der Waals surface area contributed by atoms with E-state index in [0.29, 0.717) is 12.0 Å². The second-order valence-corrected chi connectivity index (χ2v) is 4.97. The Morgan fingerprint density at radius 2 is 2.27 bits per heavy atom. The van der Waals surface area contributed by atoms with Crippen LogP contribution in [0.5, 0.6) is 0 Å². The number of piperidine rings is 2. The van der Waals surface area contributed by atoms with Gasteiger partial charge in [0.15, 0.2) is 5.82 Å². The molecule has 3 heterocycles. The summed E-state index contributed by atoms with van der Waals surface area (Å²) < 4.78 is 5.32. The Kier molecular flexibility index (Phi) is 2.06. The summed E-state index contributed by atoms with van der Waals surface area (Å²) >= 11 is 0. The monoisotopic (exact) mass is 207 g/mol. The zero-order valence-electron chi connectivity index (χ0n) is 9.31. The van der Waals surface area contributed by atoms with Gasteiger partial charge in [0.2, 0.25) is 5.89 Å². The van der Waals surface area contributed by atoms with Crippen molar-refractivity contribution in [2.75, 3.05) is 13.6 Å². The molecule has 0 amide bonds. The predicted molar refractivity (Wildman–Crippen MR) is 55.5 cm³/mol. The zero-order valence-corrected chi connectivity index (χ0v) is 9.31. The van der Waals surface area contributed by atoms with Gasteiger partial charge in [-0.25, -0.2) is 0 Å². The molecule has 0 N–H and O–H groups in total. The Bertz CT molecular complexity index is 362. The predicted octanol–water partition coefficient (Wildman–Crippen LogP) is 1.58. The van der Waals surface area contributed by atoms with E-state index < -0.39 is 0 Å². The summed E-state index contributed by atoms with van der Waals surface area (Å²) in [6, 6.07) is 0.620. The van der Waals surface area contributed by atoms with Gasteiger partial charge in [0.05, 0.1) is 5.92 Å². The molecule has 82 valence electrons. The van der Waals surface area contributed by atoms with Gasteiger partial charge in [-0.15, -0.1) is 0 Å². The van der Waals surface area contributed by atoms with E-state index in [1.54, 1.807) is 0 Å². The first-order valence-electron chi connectivity index (χ1n) is 5.74. The van der Waals surface area contributed by atoms with Crippen LogP contribution in [0.3, 0.4) is 0 Å². The van der Waals surface area contributed by atoms with Gasteiger partial charge in [0.1, 0.15) is 0 Å². The van der Waals surface area contributed by atoms with E-state index in [9.17, 15) is 0 Å². The van der Waals surface area contributed by atoms with E-state index in [-0.39, 0.29) is 0 Å². The molecule has 0 unspecified atom stereocenters. The summed E-state index contributed by atoms with van der Waals surface area (Å²) in [7, 11) is 2.21. The Hall–Kier alpha value is -0.900. The molecule has 4 heteroatoms. The number of hydrogen-bond donors (Lipinski definition) is 0. The number of rotatable bonds is 1. The third-order valence-corrected chi connectivity index (χ3v) is 3.90. The quantitative estimate of drug-likeness (QED) is 0.701. The van der Waals surface area contributed by atoms with Gasteiger partial charge in [-0.2, -0.15) is 4.98 Å². The molecule has 2 saturated heterocycles. The van der Waals surface area contributed by atoms with Gasteiger partial charge in [-0.1, -0.05) is 5.16 Å². The first kappa shape index (κ1) is 9.33. The van der Waals surface area contributed by atoms with Crippen molar-refractivity contribution in [1.82, 2.24) is 15.0 Å². The zero-order chi connectivity index (χ0) is 10.4. The molecule has 1 saturated carbocycles. The molecule has 1 aromatic rings. The lowest BCUT2D eigenvalue weighted by molar-refractivity contribution is 0.0403. The fourth-order valence-corrected chi connectivity index (χ4v) is 3.21. The van der Waals surface area contributed by atoms with Crippen molar-refractivity contribution in [3.63, 3.8) is 0 Å². The molecule has 15 heavy (non-hydrogen) atoms. The van der Waals surface area contributed by atoms with Crippen molar-refractivity contribution < 1.29 is 4.52 Å². The number of aromatic nitrogens is 2. The second-order valence-electron chi connectivity index (χ2n) is 4.97. The van der Waals surface area contributed by atoms with Crippen LogP contribution in [0.15, 0.2) is 4.52 Å². The largest absolute Gasteiger partial charge is 0.339 e. The van der Waals surface area contributed by atoms with Crippen molar-refractivity contribution in [3.05, 3.63) is 11.7 Å². The highest BCUT2D eigenvalue weighted by molar-refractivity contribution is 5.06. The Balaban J connectivity index is 1.88. The molecule has 1 aliphatic carbocycles. The highest BCUT2D eigenvalue weighted by Crippen LogP contribution is 2.42. The standard InChI is InChI=1S/C11H17N3O/c1-7-12-11(15-13-7)9-5-8-3-4-10(9)14(2)6-8/h8-10H,3-6H2,1-2H3/t8-,9+,10+/m0/s1. The first-order valence-corrected chi connectivity index (χ1v) is 5.74. The van der Waals surface area contributed by atoms with Crippen LogP contribution in [0.1, 0.15) is 36.9 Å². The molecule has 2 aliphatic heterocycles. The van der Waals surface area contributed by atoms with Crippen LogP contribution >= 0.6 is 0 Å². The summed E-state index contributed by atoms with van der Waals surface area (Å²) in [6.45, 7) is 3.13. The summed E-state index contributed by atoms with van der Waals surface area (Å²) in [5.74, 6) is 2.92. The lowest BCUT2D eigenvalue weighted by Crippen LogP contribution is -2.50. The minimum Gasteiger partial charge on any atom is -0.339 e. The minimum absolute atomic E-state index is 0.476. The van der Waals surface area contributed by atoms with Gasteiger partial charge in [0, 0.05) is 12.6 Å². The summed E-state index contributed by atoms with van der Waals surface area (Å²) in [5, 5.41) is 3.90. The molecular formula is C11H17N3O. The van der Waals surface area contributed by atoms with E-state index in [0.717, 1.165) is 17.6 Å². The van der Waals surface area contributed by atoms with Crippen LogP contribution in [0.25, 0.3) is 0 Å². The first-order chi connectivity index (χ1) is 7.24. The Morgan fingerprint density at radius 3 is 2.87 bits per heavy atom. The fourth-order valence-electron chi connectivity index (χ4n) is 3.21. The number of hydrogen-bond acceptors (Lipinski definition) is 4. The van der Waals surface area contributed by atoms with Gasteiger partial charge in [0.25, 0.3) is 0 Å². The molecule has 3 aliphatic rings. The second kappa shape index (κ2) is 3.30. The van der Waals surface area contributed by atoms with Crippen LogP contribution in [0.2, 0.25) is 0 Å². The maximum absolute atomic E-state index is 5.32. The van der Waals surface area contributed by atoms with Crippen molar-refractivity contribution in [3.8, 4) is 0 Å². The SMILES string of the molecule is Cc1noc([C@@H]2C[C@@H]3CC[C@H]2N(C)C3)n1. The molecule has 0 radical (unpaired) electrons. The molecule has 3 atom stereocenters. The van der Waals surface area contributed by atoms with Crippen LogP contribution in [-0.4, -0.2) is 34.7 Å². The maximum Gasteiger partial charge on any atom is 0.231 e. The number of fused-ring (bicyclic) bond motifs is 3. The third-order valence-electron chi connectivity index (χ3n) is 3.90. The lowest BCUT2D eigenvalue weighted by atomic mass is 9.73. The van der Waals surface area contributed by atoms with Crippen LogP contribution < -0.4 is 0 Å². The molecule has 4 nitrogen and oxygen atoms in total. The van der Waals surface area contributed by atoms with Crippen LogP contribution in [0, 0.1) is 12.8 Å². The molecular weight excluding hydrogens is 190 g/mol. The number of likely N-dealkylation sites (N-methyl/N-ethyl adjacent to an activating group) is 1. The van der Waals surface area contributed by atoms with E-state index in [4.69, 9.17) is 4.52 Å². The van der Waals surface area contributed by atoms with E-state index in [1.807, 2.05) is 6.92 Å². The molecule has 0 aromatic carbocycles. The molecule has 0 spiro atoms. The summed E-state index contributed by atoms with van der Waals surface area (Å²) in [5.41, 5.74) is 0. The Labute approximate surface area is 89.6 Å². The highest BCUT2D eigenvalue weighted by Gasteiger charge is 2.42. The maximum atomic E-state index is 5.32. The molecule has 4 rings (SSSR count). The highest BCUT2D eigenvalue weighted by atomic mass is 16.5. The van der Waals surface area contributed by atoms with E-state index in [1.165, 1.54) is 25.8 Å². The molecule has 3 fully saturated rings. The summed E-state index contributed by atoms with van der Waals surface area (Å²) in [6.07, 6.45) is 3.89. The average molecular weight is 207 g/mol. The number of aryl methyl sites for hydroxylation is 1. The number of nitrogens with zero attached hydrogens (tertiary/aromatic N) is 3. The van der Waals surface area contributed by atoms with Gasteiger partial charge in [-0.3, -0.25) is 0 Å². The minimum atomic E-state index is 0.476. The van der Waals surface area contributed by atoms with Crippen molar-refractivity contribution >= 4 is 0 Å². The normalized spacial score (nSPS) is 36.0. The van der Waals surface area contributed by atoms with Crippen molar-refractivity contribution in [2.45, 2.75) is 38.1 Å². The fraction of sp³-hybridized carbons (Fsp3) is 0.818. The molecule has 2 bridgehead atoms. The smallest absolute Gasteiger partial charge is 0.231 e. The van der Waals surface area contributed by atoms with E-state index >= 15 is 0 Å². The van der Waals surface area contributed by atoms with Gasteiger partial charge in [-0.05, 0) is 39.2 Å². The van der Waals surface area contributed by atoms with Gasteiger partial charge >= 0.3 is 0 Å². The van der Waals surface area contributed by atoms with Crippen LogP contribution in [-0.2, 0) is 0 Å². The topological polar surface area (TPSA) is 42.2 Å². The summed E-state index contributed by atoms with van der Waals surface area (Å²) in [4.78, 5) is 6.84.